The van der Waals surface area contributed by atoms with Crippen molar-refractivity contribution in [2.45, 2.75) is 55.3 Å². The number of anilines is 1. The Balaban J connectivity index is 1.16. The predicted octanol–water partition coefficient (Wildman–Crippen LogP) is 6.35. The van der Waals surface area contributed by atoms with Gasteiger partial charge in [-0.15, -0.1) is 0 Å². The quantitative estimate of drug-likeness (QED) is 0.120. The van der Waals surface area contributed by atoms with E-state index in [1.54, 1.807) is 24.3 Å². The molecule has 7 rings (SSSR count). The van der Waals surface area contributed by atoms with Gasteiger partial charge in [-0.05, 0) is 59.9 Å². The normalized spacial score (nSPS) is 21.6. The number of hydrogen-bond acceptors (Lipinski definition) is 12. The van der Waals surface area contributed by atoms with E-state index in [1.807, 2.05) is 91.9 Å². The average Bonchev–Trinajstić information content (AvgIpc) is 3.35. The van der Waals surface area contributed by atoms with E-state index in [2.05, 4.69) is 27.1 Å². The third-order valence-corrected chi connectivity index (χ3v) is 13.1. The highest BCUT2D eigenvalue weighted by atomic mass is 32.2. The number of nitrogens with one attached hydrogen (secondary N) is 2. The average molecular weight is 938 g/mol. The maximum atomic E-state index is 14.2. The van der Waals surface area contributed by atoms with E-state index in [-0.39, 0.29) is 23.8 Å². The van der Waals surface area contributed by atoms with Crippen LogP contribution in [0.15, 0.2) is 138 Å². The maximum Gasteiger partial charge on any atom is 0.242 e. The number of rotatable bonds is 13. The summed E-state index contributed by atoms with van der Waals surface area (Å²) in [7, 11) is -4.06. The maximum absolute atomic E-state index is 14.2. The number of amides is 1. The number of aryl methyl sites for hydroxylation is 1. The van der Waals surface area contributed by atoms with Crippen LogP contribution >= 0.6 is 0 Å². The van der Waals surface area contributed by atoms with Crippen LogP contribution in [-0.2, 0) is 61.0 Å². The summed E-state index contributed by atoms with van der Waals surface area (Å²) in [6.07, 6.45) is -1.67. The SMILES string of the molecule is Cc1ccc(S(=O)(=O)NC(Cc2ccccc2)C(=O)Nc2cccc(C3OC(CN4CCOCCOCCOCCOCCOCC4)C(c4ccccc4)C(c4ccc(CO)cc4)O3)c2)cc1. The second-order valence-corrected chi connectivity index (χ2v) is 18.3. The topological polar surface area (TPSA) is 163 Å². The monoisotopic (exact) mass is 937 g/mol. The smallest absolute Gasteiger partial charge is 0.242 e. The molecule has 0 bridgehead atoms. The van der Waals surface area contributed by atoms with Crippen LogP contribution in [0.3, 0.4) is 0 Å². The number of sulfonamides is 1. The second-order valence-electron chi connectivity index (χ2n) is 16.6. The van der Waals surface area contributed by atoms with Gasteiger partial charge in [0.15, 0.2) is 6.29 Å². The molecule has 358 valence electrons. The summed E-state index contributed by atoms with van der Waals surface area (Å²) in [4.78, 5) is 16.6. The first-order valence-corrected chi connectivity index (χ1v) is 24.4. The molecule has 15 heteroatoms. The largest absolute Gasteiger partial charge is 0.392 e. The summed E-state index contributed by atoms with van der Waals surface area (Å²) in [6, 6.07) is 39.9. The molecule has 2 saturated heterocycles. The van der Waals surface area contributed by atoms with Gasteiger partial charge in [0.05, 0.1) is 89.8 Å². The first-order chi connectivity index (χ1) is 32.8. The molecular weight excluding hydrogens is 875 g/mol. The van der Waals surface area contributed by atoms with Crippen LogP contribution < -0.4 is 10.0 Å². The van der Waals surface area contributed by atoms with Crippen molar-refractivity contribution in [3.63, 3.8) is 0 Å². The van der Waals surface area contributed by atoms with Gasteiger partial charge in [-0.3, -0.25) is 9.69 Å². The first kappa shape index (κ1) is 50.0. The van der Waals surface area contributed by atoms with Crippen LogP contribution in [0.5, 0.6) is 0 Å². The standard InChI is InChI=1S/C52H63N3O11S/c1-39-15-21-46(22-16-39)67(58,59)54-47(35-40-9-4-2-5-10-40)51(57)53-45-14-8-13-44(36-45)52-65-48(37-55-23-25-60-27-29-62-31-33-64-34-32-63-30-28-61-26-24-55)49(42-11-6-3-7-12-42)50(66-52)43-19-17-41(38-56)18-20-43/h2-22,36,47-50,52,54,56H,23-35,37-38H2,1H3,(H,53,57). The van der Waals surface area contributed by atoms with Crippen molar-refractivity contribution in [2.24, 2.45) is 0 Å². The fraction of sp³-hybridized carbons (Fsp3) is 0.404. The van der Waals surface area contributed by atoms with Gasteiger partial charge in [0.25, 0.3) is 0 Å². The number of benzene rings is 5. The molecule has 5 aromatic rings. The van der Waals surface area contributed by atoms with Crippen LogP contribution in [0.25, 0.3) is 0 Å². The molecule has 0 spiro atoms. The number of ether oxygens (including phenoxy) is 7. The molecule has 0 radical (unpaired) electrons. The lowest BCUT2D eigenvalue weighted by Crippen LogP contribution is -2.46. The van der Waals surface area contributed by atoms with Gasteiger partial charge >= 0.3 is 0 Å². The molecule has 5 aromatic carbocycles. The molecule has 0 aromatic heterocycles. The molecule has 2 aliphatic heterocycles. The summed E-state index contributed by atoms with van der Waals surface area (Å²) in [5.41, 5.74) is 5.53. The Morgan fingerprint density at radius 3 is 1.81 bits per heavy atom. The van der Waals surface area contributed by atoms with Crippen molar-refractivity contribution >= 4 is 21.6 Å². The van der Waals surface area contributed by atoms with E-state index >= 15 is 0 Å². The van der Waals surface area contributed by atoms with E-state index in [4.69, 9.17) is 33.2 Å². The molecule has 1 amide bonds. The summed E-state index contributed by atoms with van der Waals surface area (Å²) in [5, 5.41) is 12.9. The van der Waals surface area contributed by atoms with E-state index < -0.39 is 40.5 Å². The number of carbonyl (C=O) groups excluding carboxylic acids is 1. The van der Waals surface area contributed by atoms with Crippen LogP contribution in [0, 0.1) is 6.92 Å². The molecule has 14 nitrogen and oxygen atoms in total. The third-order valence-electron chi connectivity index (χ3n) is 11.7. The van der Waals surface area contributed by atoms with Crippen molar-refractivity contribution in [1.29, 1.82) is 0 Å². The number of aliphatic hydroxyl groups excluding tert-OH is 1. The van der Waals surface area contributed by atoms with Crippen LogP contribution in [-0.4, -0.2) is 122 Å². The minimum atomic E-state index is -4.06. The molecule has 0 aliphatic carbocycles. The van der Waals surface area contributed by atoms with Gasteiger partial charge in [-0.1, -0.05) is 115 Å². The van der Waals surface area contributed by atoms with Gasteiger partial charge in [-0.25, -0.2) is 8.42 Å². The number of aliphatic hydroxyl groups is 1. The molecule has 2 aliphatic rings. The second kappa shape index (κ2) is 26.0. The summed E-state index contributed by atoms with van der Waals surface area (Å²) >= 11 is 0. The minimum absolute atomic E-state index is 0.0664. The zero-order valence-electron chi connectivity index (χ0n) is 38.1. The van der Waals surface area contributed by atoms with E-state index in [1.165, 1.54) is 12.1 Å². The summed E-state index contributed by atoms with van der Waals surface area (Å²) in [5.74, 6) is -0.791. The zero-order valence-corrected chi connectivity index (χ0v) is 38.9. The number of carbonyl (C=O) groups is 1. The van der Waals surface area contributed by atoms with Gasteiger partial charge in [0.2, 0.25) is 15.9 Å². The van der Waals surface area contributed by atoms with Gasteiger partial charge < -0.3 is 43.6 Å². The Hall–Kier alpha value is -4.88. The number of nitrogens with zero attached hydrogens (tertiary/aromatic N) is 1. The molecule has 3 N–H and O–H groups in total. The van der Waals surface area contributed by atoms with Crippen LogP contribution in [0.2, 0.25) is 0 Å². The van der Waals surface area contributed by atoms with Gasteiger partial charge in [-0.2, -0.15) is 4.72 Å². The Morgan fingerprint density at radius 1 is 0.642 bits per heavy atom. The lowest BCUT2D eigenvalue weighted by Gasteiger charge is -2.44. The van der Waals surface area contributed by atoms with Crippen molar-refractivity contribution < 1.29 is 51.5 Å². The molecule has 67 heavy (non-hydrogen) atoms. The zero-order chi connectivity index (χ0) is 46.7. The summed E-state index contributed by atoms with van der Waals surface area (Å²) < 4.78 is 73.1. The third kappa shape index (κ3) is 15.3. The Labute approximate surface area is 394 Å². The van der Waals surface area contributed by atoms with Crippen molar-refractivity contribution in [3.8, 4) is 0 Å². The predicted molar refractivity (Wildman–Crippen MR) is 254 cm³/mol. The van der Waals surface area contributed by atoms with E-state index in [0.717, 1.165) is 27.8 Å². The molecule has 5 atom stereocenters. The highest BCUT2D eigenvalue weighted by Gasteiger charge is 2.42. The highest BCUT2D eigenvalue weighted by molar-refractivity contribution is 7.89. The molecule has 2 fully saturated rings. The van der Waals surface area contributed by atoms with Gasteiger partial charge in [0.1, 0.15) is 6.04 Å². The van der Waals surface area contributed by atoms with E-state index in [0.29, 0.717) is 97.0 Å². The van der Waals surface area contributed by atoms with Crippen molar-refractivity contribution in [2.75, 3.05) is 91.0 Å². The molecular formula is C52H63N3O11S. The highest BCUT2D eigenvalue weighted by Crippen LogP contribution is 2.47. The minimum Gasteiger partial charge on any atom is -0.392 e. The summed E-state index contributed by atoms with van der Waals surface area (Å²) in [6.45, 7) is 8.15. The van der Waals surface area contributed by atoms with Crippen molar-refractivity contribution in [1.82, 2.24) is 9.62 Å². The number of hydrogen-bond donors (Lipinski definition) is 3. The lowest BCUT2D eigenvalue weighted by atomic mass is 9.83. The Morgan fingerprint density at radius 2 is 1.21 bits per heavy atom. The van der Waals surface area contributed by atoms with E-state index in [9.17, 15) is 18.3 Å². The van der Waals surface area contributed by atoms with Gasteiger partial charge in [0, 0.05) is 36.8 Å². The fourth-order valence-corrected chi connectivity index (χ4v) is 9.28. The van der Waals surface area contributed by atoms with Crippen LogP contribution in [0.4, 0.5) is 5.69 Å². The fourth-order valence-electron chi connectivity index (χ4n) is 8.09. The van der Waals surface area contributed by atoms with Crippen molar-refractivity contribution in [3.05, 3.63) is 167 Å². The molecule has 5 unspecified atom stereocenters. The van der Waals surface area contributed by atoms with Crippen LogP contribution in [0.1, 0.15) is 51.7 Å². The molecule has 2 heterocycles. The molecule has 0 saturated carbocycles. The Bertz CT molecular complexity index is 2320. The Kier molecular flexibility index (Phi) is 19.4. The first-order valence-electron chi connectivity index (χ1n) is 23.0. The lowest BCUT2D eigenvalue weighted by molar-refractivity contribution is -0.263.